The van der Waals surface area contributed by atoms with Gasteiger partial charge in [0.15, 0.2) is 0 Å². The second-order valence-electron chi connectivity index (χ2n) is 4.95. The standard InChI is InChI=1S/C14H14N2O4S/c17-13(16-4-1-9(2-5-16)14(18)19)11-8-21-12(15-11)10-3-6-20-7-10/h3,6-9H,1-2,4-5H2,(H,18,19). The predicted octanol–water partition coefficient (Wildman–Crippen LogP) is 2.34. The van der Waals surface area contributed by atoms with E-state index in [9.17, 15) is 9.59 Å². The third-order valence-corrected chi connectivity index (χ3v) is 4.51. The zero-order chi connectivity index (χ0) is 14.8. The number of piperidine rings is 1. The number of carboxylic acids is 1. The Morgan fingerprint density at radius 3 is 2.76 bits per heavy atom. The van der Waals surface area contributed by atoms with Crippen LogP contribution in [0.15, 0.2) is 28.4 Å². The fourth-order valence-electron chi connectivity index (χ4n) is 2.38. The van der Waals surface area contributed by atoms with Crippen molar-refractivity contribution in [3.63, 3.8) is 0 Å². The van der Waals surface area contributed by atoms with E-state index in [4.69, 9.17) is 9.52 Å². The number of thiazole rings is 1. The number of hydrogen-bond donors (Lipinski definition) is 1. The minimum Gasteiger partial charge on any atom is -0.481 e. The molecule has 7 heteroatoms. The number of aliphatic carboxylic acids is 1. The van der Waals surface area contributed by atoms with Crippen molar-refractivity contribution >= 4 is 23.2 Å². The average molecular weight is 306 g/mol. The third kappa shape index (κ3) is 2.82. The van der Waals surface area contributed by atoms with E-state index < -0.39 is 5.97 Å². The van der Waals surface area contributed by atoms with Crippen LogP contribution in [0.25, 0.3) is 10.6 Å². The van der Waals surface area contributed by atoms with Gasteiger partial charge in [-0.15, -0.1) is 11.3 Å². The Kier molecular flexibility index (Phi) is 3.74. The van der Waals surface area contributed by atoms with Gasteiger partial charge in [-0.1, -0.05) is 0 Å². The molecule has 0 aromatic carbocycles. The van der Waals surface area contributed by atoms with E-state index in [1.807, 2.05) is 0 Å². The van der Waals surface area contributed by atoms with Gasteiger partial charge in [0.25, 0.3) is 5.91 Å². The second-order valence-corrected chi connectivity index (χ2v) is 5.81. The van der Waals surface area contributed by atoms with Gasteiger partial charge in [0.1, 0.15) is 17.0 Å². The molecule has 2 aromatic heterocycles. The van der Waals surface area contributed by atoms with Crippen LogP contribution in [0.5, 0.6) is 0 Å². The maximum absolute atomic E-state index is 12.4. The zero-order valence-corrected chi connectivity index (χ0v) is 12.0. The molecule has 0 atom stereocenters. The Labute approximate surface area is 125 Å². The van der Waals surface area contributed by atoms with Crippen molar-refractivity contribution in [2.75, 3.05) is 13.1 Å². The van der Waals surface area contributed by atoms with Gasteiger partial charge >= 0.3 is 5.97 Å². The lowest BCUT2D eigenvalue weighted by Crippen LogP contribution is -2.40. The van der Waals surface area contributed by atoms with Crippen LogP contribution >= 0.6 is 11.3 Å². The summed E-state index contributed by atoms with van der Waals surface area (Å²) in [6.45, 7) is 0.933. The van der Waals surface area contributed by atoms with Gasteiger partial charge in [0.2, 0.25) is 0 Å². The van der Waals surface area contributed by atoms with Gasteiger partial charge in [-0.3, -0.25) is 9.59 Å². The molecule has 1 amide bonds. The second kappa shape index (κ2) is 5.69. The molecule has 0 aliphatic carbocycles. The monoisotopic (exact) mass is 306 g/mol. The van der Waals surface area contributed by atoms with Crippen LogP contribution in [-0.2, 0) is 4.79 Å². The van der Waals surface area contributed by atoms with Crippen LogP contribution in [0.1, 0.15) is 23.3 Å². The van der Waals surface area contributed by atoms with Crippen LogP contribution in [-0.4, -0.2) is 40.0 Å². The van der Waals surface area contributed by atoms with Crippen LogP contribution in [0.2, 0.25) is 0 Å². The molecule has 0 saturated carbocycles. The van der Waals surface area contributed by atoms with Crippen molar-refractivity contribution in [2.24, 2.45) is 5.92 Å². The molecule has 1 aliphatic heterocycles. The molecule has 0 radical (unpaired) electrons. The molecule has 1 N–H and O–H groups in total. The highest BCUT2D eigenvalue weighted by Crippen LogP contribution is 2.25. The Morgan fingerprint density at radius 2 is 2.14 bits per heavy atom. The topological polar surface area (TPSA) is 83.6 Å². The number of nitrogens with zero attached hydrogens (tertiary/aromatic N) is 2. The molecule has 6 nitrogen and oxygen atoms in total. The van der Waals surface area contributed by atoms with E-state index in [0.717, 1.165) is 10.6 Å². The van der Waals surface area contributed by atoms with Crippen LogP contribution in [0.3, 0.4) is 0 Å². The van der Waals surface area contributed by atoms with Crippen molar-refractivity contribution in [1.29, 1.82) is 0 Å². The van der Waals surface area contributed by atoms with E-state index in [1.54, 1.807) is 28.9 Å². The van der Waals surface area contributed by atoms with E-state index >= 15 is 0 Å². The lowest BCUT2D eigenvalue weighted by Gasteiger charge is -2.29. The lowest BCUT2D eigenvalue weighted by atomic mass is 9.97. The highest BCUT2D eigenvalue weighted by molar-refractivity contribution is 7.13. The number of furan rings is 1. The molecule has 0 bridgehead atoms. The molecule has 110 valence electrons. The molecular formula is C14H14N2O4S. The number of aromatic nitrogens is 1. The van der Waals surface area contributed by atoms with Gasteiger partial charge in [0, 0.05) is 24.0 Å². The summed E-state index contributed by atoms with van der Waals surface area (Å²) >= 11 is 1.39. The summed E-state index contributed by atoms with van der Waals surface area (Å²) < 4.78 is 5.00. The quantitative estimate of drug-likeness (QED) is 0.941. The summed E-state index contributed by atoms with van der Waals surface area (Å²) in [6.07, 6.45) is 4.15. The van der Waals surface area contributed by atoms with Crippen molar-refractivity contribution in [3.05, 3.63) is 29.7 Å². The van der Waals surface area contributed by atoms with E-state index in [1.165, 1.54) is 11.3 Å². The Hall–Kier alpha value is -2.15. The summed E-state index contributed by atoms with van der Waals surface area (Å²) in [5.41, 5.74) is 1.26. The first-order chi connectivity index (χ1) is 10.1. The molecule has 1 aliphatic rings. The molecule has 3 heterocycles. The SMILES string of the molecule is O=C(O)C1CCN(C(=O)c2csc(-c3ccoc3)n2)CC1. The number of hydrogen-bond acceptors (Lipinski definition) is 5. The molecular weight excluding hydrogens is 292 g/mol. The van der Waals surface area contributed by atoms with Gasteiger partial charge in [-0.05, 0) is 18.9 Å². The Morgan fingerprint density at radius 1 is 1.38 bits per heavy atom. The Bertz CT molecular complexity index is 642. The minimum atomic E-state index is -0.780. The fraction of sp³-hybridized carbons (Fsp3) is 0.357. The molecule has 2 aromatic rings. The molecule has 1 saturated heterocycles. The van der Waals surface area contributed by atoms with Gasteiger partial charge in [-0.2, -0.15) is 0 Å². The summed E-state index contributed by atoms with van der Waals surface area (Å²) in [7, 11) is 0. The highest BCUT2D eigenvalue weighted by Gasteiger charge is 2.28. The first-order valence-corrected chi connectivity index (χ1v) is 7.53. The van der Waals surface area contributed by atoms with Gasteiger partial charge in [0.05, 0.1) is 12.2 Å². The molecule has 1 fully saturated rings. The number of rotatable bonds is 3. The Balaban J connectivity index is 1.68. The third-order valence-electron chi connectivity index (χ3n) is 3.62. The maximum atomic E-state index is 12.4. The minimum absolute atomic E-state index is 0.134. The van der Waals surface area contributed by atoms with Crippen molar-refractivity contribution in [1.82, 2.24) is 9.88 Å². The smallest absolute Gasteiger partial charge is 0.306 e. The summed E-state index contributed by atoms with van der Waals surface area (Å²) in [6, 6.07) is 1.80. The summed E-state index contributed by atoms with van der Waals surface area (Å²) in [4.78, 5) is 29.3. The maximum Gasteiger partial charge on any atom is 0.306 e. The van der Waals surface area contributed by atoms with Gasteiger partial charge in [-0.25, -0.2) is 4.98 Å². The van der Waals surface area contributed by atoms with Crippen molar-refractivity contribution in [3.8, 4) is 10.6 Å². The summed E-state index contributed by atoms with van der Waals surface area (Å²) in [5, 5.41) is 11.4. The zero-order valence-electron chi connectivity index (χ0n) is 11.2. The van der Waals surface area contributed by atoms with Crippen LogP contribution in [0.4, 0.5) is 0 Å². The molecule has 3 rings (SSSR count). The average Bonchev–Trinajstić information content (AvgIpc) is 3.17. The number of carbonyl (C=O) groups excluding carboxylic acids is 1. The number of amides is 1. The highest BCUT2D eigenvalue weighted by atomic mass is 32.1. The number of likely N-dealkylation sites (tertiary alicyclic amines) is 1. The summed E-state index contributed by atoms with van der Waals surface area (Å²) in [5.74, 6) is -1.26. The predicted molar refractivity (Wildman–Crippen MR) is 76.1 cm³/mol. The van der Waals surface area contributed by atoms with Crippen LogP contribution in [0, 0.1) is 5.92 Å². The number of carbonyl (C=O) groups is 2. The number of carboxylic acid groups (broad SMARTS) is 1. The molecule has 21 heavy (non-hydrogen) atoms. The first kappa shape index (κ1) is 13.8. The van der Waals surface area contributed by atoms with Gasteiger partial charge < -0.3 is 14.4 Å². The molecule has 0 spiro atoms. The van der Waals surface area contributed by atoms with E-state index in [2.05, 4.69) is 4.98 Å². The largest absolute Gasteiger partial charge is 0.481 e. The molecule has 0 unspecified atom stereocenters. The fourth-order valence-corrected chi connectivity index (χ4v) is 3.16. The lowest BCUT2D eigenvalue weighted by molar-refractivity contribution is -0.143. The normalized spacial score (nSPS) is 16.1. The van der Waals surface area contributed by atoms with Crippen molar-refractivity contribution in [2.45, 2.75) is 12.8 Å². The van der Waals surface area contributed by atoms with Crippen LogP contribution < -0.4 is 0 Å². The van der Waals surface area contributed by atoms with E-state index in [0.29, 0.717) is 31.6 Å². The first-order valence-electron chi connectivity index (χ1n) is 6.65. The van der Waals surface area contributed by atoms with E-state index in [-0.39, 0.29) is 11.8 Å². The van der Waals surface area contributed by atoms with Crippen molar-refractivity contribution < 1.29 is 19.1 Å².